The topological polar surface area (TPSA) is 133 Å². The highest BCUT2D eigenvalue weighted by Gasteiger charge is 2.47. The van der Waals surface area contributed by atoms with Gasteiger partial charge in [0.2, 0.25) is 17.7 Å². The van der Waals surface area contributed by atoms with Gasteiger partial charge < -0.3 is 25.6 Å². The minimum atomic E-state index is -0.613. The number of rotatable bonds is 7. The quantitative estimate of drug-likeness (QED) is 0.339. The van der Waals surface area contributed by atoms with Gasteiger partial charge in [-0.05, 0) is 61.7 Å². The summed E-state index contributed by atoms with van der Waals surface area (Å²) < 4.78 is 5.98. The van der Waals surface area contributed by atoms with Crippen LogP contribution in [0.25, 0.3) is 0 Å². The van der Waals surface area contributed by atoms with Crippen molar-refractivity contribution in [2.24, 2.45) is 0 Å². The lowest BCUT2D eigenvalue weighted by Gasteiger charge is -2.36. The van der Waals surface area contributed by atoms with E-state index in [1.165, 1.54) is 31.0 Å². The molecule has 2 aromatic carbocycles. The molecule has 4 heterocycles. The molecule has 1 fully saturated rings. The standard InChI is InChI=1S/C32H32N6O5S/c1-19-17-23(43-22-8-4-3-5-9-22)10-11-24(19)38-25-12-14-34-31-27(25)28(36-32(38)42)29(44-31)30(41)35-21-7-6-16-37(18-21)26(40)13-15-33-20(2)39/h3-5,8-15,17,21,28-29H,6-7,16,18H2,1-2H3,(H,33,39)(H,35,41)(H,36,42)/b15-13-/t21?,28?,29-/m1/s1. The third kappa shape index (κ3) is 5.98. The van der Waals surface area contributed by atoms with Crippen LogP contribution in [0.2, 0.25) is 0 Å². The fraction of sp³-hybridized carbons (Fsp3) is 0.281. The molecular weight excluding hydrogens is 580 g/mol. The second-order valence-corrected chi connectivity index (χ2v) is 12.0. The van der Waals surface area contributed by atoms with E-state index in [9.17, 15) is 19.2 Å². The van der Waals surface area contributed by atoms with Crippen molar-refractivity contribution in [3.05, 3.63) is 84.2 Å². The van der Waals surface area contributed by atoms with E-state index in [0.29, 0.717) is 35.2 Å². The molecular formula is C32H32N6O5S. The predicted octanol–water partition coefficient (Wildman–Crippen LogP) is 4.32. The van der Waals surface area contributed by atoms with Crippen molar-refractivity contribution in [2.45, 2.75) is 49.0 Å². The summed E-state index contributed by atoms with van der Waals surface area (Å²) in [5.41, 5.74) is 3.05. The molecule has 2 unspecified atom stereocenters. The van der Waals surface area contributed by atoms with Crippen LogP contribution in [0, 0.1) is 6.92 Å². The molecule has 1 aromatic heterocycles. The van der Waals surface area contributed by atoms with Crippen molar-refractivity contribution in [2.75, 3.05) is 18.0 Å². The first kappa shape index (κ1) is 29.2. The third-order valence-electron chi connectivity index (χ3n) is 7.74. The number of aromatic nitrogens is 1. The lowest BCUT2D eigenvalue weighted by Crippen LogP contribution is -2.53. The summed E-state index contributed by atoms with van der Waals surface area (Å²) in [6.07, 6.45) is 5.76. The van der Waals surface area contributed by atoms with E-state index in [1.807, 2.05) is 55.5 Å². The number of aryl methyl sites for hydroxylation is 1. The number of anilines is 2. The minimum Gasteiger partial charge on any atom is -0.457 e. The van der Waals surface area contributed by atoms with Crippen LogP contribution in [0.15, 0.2) is 78.1 Å². The summed E-state index contributed by atoms with van der Waals surface area (Å²) in [6, 6.07) is 15.7. The molecule has 3 N–H and O–H groups in total. The van der Waals surface area contributed by atoms with Gasteiger partial charge >= 0.3 is 6.03 Å². The Morgan fingerprint density at radius 2 is 1.91 bits per heavy atom. The largest absolute Gasteiger partial charge is 0.457 e. The number of thioether (sulfide) groups is 1. The van der Waals surface area contributed by atoms with Crippen LogP contribution < -0.4 is 25.6 Å². The molecule has 3 aromatic rings. The Hall–Kier alpha value is -4.84. The summed E-state index contributed by atoms with van der Waals surface area (Å²) in [7, 11) is 0. The number of hydrogen-bond acceptors (Lipinski definition) is 7. The Labute approximate surface area is 259 Å². The summed E-state index contributed by atoms with van der Waals surface area (Å²) in [6.45, 7) is 4.22. The van der Waals surface area contributed by atoms with Crippen LogP contribution >= 0.6 is 11.8 Å². The molecule has 6 rings (SSSR count). The Bertz CT molecular complexity index is 1650. The lowest BCUT2D eigenvalue weighted by molar-refractivity contribution is -0.129. The Kier molecular flexibility index (Phi) is 8.25. The summed E-state index contributed by atoms with van der Waals surface area (Å²) in [5.74, 6) is 0.669. The molecule has 3 aliphatic heterocycles. The number of carbonyl (C=O) groups is 4. The van der Waals surface area contributed by atoms with Gasteiger partial charge in [-0.25, -0.2) is 9.78 Å². The second kappa shape index (κ2) is 12.4. The Balaban J connectivity index is 1.17. The maximum absolute atomic E-state index is 13.6. The Morgan fingerprint density at radius 1 is 1.09 bits per heavy atom. The second-order valence-electron chi connectivity index (χ2n) is 10.9. The predicted molar refractivity (Wildman–Crippen MR) is 166 cm³/mol. The molecule has 12 heteroatoms. The van der Waals surface area contributed by atoms with Gasteiger partial charge in [-0.15, -0.1) is 0 Å². The van der Waals surface area contributed by atoms with Crippen LogP contribution in [-0.4, -0.2) is 58.0 Å². The minimum absolute atomic E-state index is 0.218. The van der Waals surface area contributed by atoms with Crippen LogP contribution in [0.3, 0.4) is 0 Å². The molecule has 44 heavy (non-hydrogen) atoms. The third-order valence-corrected chi connectivity index (χ3v) is 9.03. The molecule has 11 nitrogen and oxygen atoms in total. The fourth-order valence-corrected chi connectivity index (χ4v) is 6.98. The van der Waals surface area contributed by atoms with E-state index >= 15 is 0 Å². The van der Waals surface area contributed by atoms with Crippen molar-refractivity contribution in [1.29, 1.82) is 0 Å². The molecule has 0 spiro atoms. The summed E-state index contributed by atoms with van der Waals surface area (Å²) in [5, 5.41) is 8.71. The van der Waals surface area contributed by atoms with E-state index in [2.05, 4.69) is 20.9 Å². The zero-order valence-corrected chi connectivity index (χ0v) is 25.1. The van der Waals surface area contributed by atoms with Crippen molar-refractivity contribution in [3.63, 3.8) is 0 Å². The Morgan fingerprint density at radius 3 is 2.68 bits per heavy atom. The average molecular weight is 613 g/mol. The van der Waals surface area contributed by atoms with E-state index < -0.39 is 11.3 Å². The van der Waals surface area contributed by atoms with Gasteiger partial charge in [0.15, 0.2) is 0 Å². The molecule has 5 amide bonds. The molecule has 1 saturated heterocycles. The van der Waals surface area contributed by atoms with Gasteiger partial charge in [0, 0.05) is 50.1 Å². The van der Waals surface area contributed by atoms with Gasteiger partial charge in [-0.3, -0.25) is 19.3 Å². The molecule has 3 aliphatic rings. The maximum Gasteiger partial charge on any atom is 0.327 e. The monoisotopic (exact) mass is 612 g/mol. The van der Waals surface area contributed by atoms with Crippen LogP contribution in [0.1, 0.15) is 36.9 Å². The number of carbonyl (C=O) groups excluding carboxylic acids is 4. The molecule has 0 saturated carbocycles. The normalized spacial score (nSPS) is 20.6. The first-order valence-corrected chi connectivity index (χ1v) is 15.3. The highest BCUT2D eigenvalue weighted by molar-refractivity contribution is 8.01. The van der Waals surface area contributed by atoms with E-state index in [4.69, 9.17) is 4.74 Å². The number of para-hydroxylation sites is 1. The van der Waals surface area contributed by atoms with Crippen molar-refractivity contribution < 1.29 is 23.9 Å². The highest BCUT2D eigenvalue weighted by atomic mass is 32.2. The molecule has 226 valence electrons. The van der Waals surface area contributed by atoms with Gasteiger partial charge in [0.05, 0.1) is 17.4 Å². The fourth-order valence-electron chi connectivity index (χ4n) is 5.75. The number of piperidine rings is 1. The van der Waals surface area contributed by atoms with Crippen LogP contribution in [0.4, 0.5) is 16.2 Å². The number of urea groups is 1. The first-order chi connectivity index (χ1) is 21.3. The number of likely N-dealkylation sites (tertiary alicyclic amines) is 1. The first-order valence-electron chi connectivity index (χ1n) is 14.4. The summed E-state index contributed by atoms with van der Waals surface area (Å²) >= 11 is 1.33. The number of benzene rings is 2. The smallest absolute Gasteiger partial charge is 0.327 e. The van der Waals surface area contributed by atoms with Crippen LogP contribution in [0.5, 0.6) is 11.5 Å². The van der Waals surface area contributed by atoms with Gasteiger partial charge in [0.25, 0.3) is 0 Å². The van der Waals surface area contributed by atoms with E-state index in [-0.39, 0.29) is 29.8 Å². The lowest BCUT2D eigenvalue weighted by atomic mass is 9.98. The van der Waals surface area contributed by atoms with E-state index in [1.54, 1.807) is 22.1 Å². The average Bonchev–Trinajstić information content (AvgIpc) is 3.38. The molecule has 0 aliphatic carbocycles. The number of nitrogens with zero attached hydrogens (tertiary/aromatic N) is 3. The van der Waals surface area contributed by atoms with Gasteiger partial charge in [-0.1, -0.05) is 30.0 Å². The van der Waals surface area contributed by atoms with Crippen molar-refractivity contribution in [1.82, 2.24) is 25.8 Å². The van der Waals surface area contributed by atoms with Crippen molar-refractivity contribution in [3.8, 4) is 11.5 Å². The van der Waals surface area contributed by atoms with Gasteiger partial charge in [-0.2, -0.15) is 0 Å². The maximum atomic E-state index is 13.6. The number of nitrogens with one attached hydrogen (secondary N) is 3. The zero-order valence-electron chi connectivity index (χ0n) is 24.3. The highest BCUT2D eigenvalue weighted by Crippen LogP contribution is 2.51. The zero-order chi connectivity index (χ0) is 30.8. The number of hydrogen-bond donors (Lipinski definition) is 3. The van der Waals surface area contributed by atoms with E-state index in [0.717, 1.165) is 29.7 Å². The SMILES string of the molecule is CC(=O)N/C=C\C(=O)N1CCCC(NC(=O)[C@@H]2Sc3nccc4c3C2NC(=O)N4c2ccc(Oc3ccccc3)cc2C)C1. The number of ether oxygens (including phenoxy) is 1. The number of pyridine rings is 1. The van der Waals surface area contributed by atoms with Crippen LogP contribution in [-0.2, 0) is 14.4 Å². The van der Waals surface area contributed by atoms with Crippen molar-refractivity contribution >= 4 is 46.9 Å². The van der Waals surface area contributed by atoms with Gasteiger partial charge in [0.1, 0.15) is 21.8 Å². The molecule has 0 bridgehead atoms. The molecule has 0 radical (unpaired) electrons. The molecule has 3 atom stereocenters. The summed E-state index contributed by atoms with van der Waals surface area (Å²) in [4.78, 5) is 58.7. The number of amides is 5.